The van der Waals surface area contributed by atoms with E-state index in [1.807, 2.05) is 43.6 Å². The quantitative estimate of drug-likeness (QED) is 0.748. The number of aromatic nitrogens is 4. The van der Waals surface area contributed by atoms with Crippen LogP contribution in [0.2, 0.25) is 0 Å². The van der Waals surface area contributed by atoms with Gasteiger partial charge in [-0.2, -0.15) is 5.10 Å². The Labute approximate surface area is 111 Å². The van der Waals surface area contributed by atoms with Crippen molar-refractivity contribution in [3.05, 3.63) is 60.3 Å². The lowest BCUT2D eigenvalue weighted by molar-refractivity contribution is 0.768. The average molecular weight is 253 g/mol. The molecule has 0 aliphatic heterocycles. The van der Waals surface area contributed by atoms with Crippen molar-refractivity contribution in [1.29, 1.82) is 0 Å². The summed E-state index contributed by atoms with van der Waals surface area (Å²) in [4.78, 5) is 7.61. The Balaban J connectivity index is 1.89. The summed E-state index contributed by atoms with van der Waals surface area (Å²) in [6.07, 6.45) is 5.52. The van der Waals surface area contributed by atoms with E-state index < -0.39 is 0 Å². The summed E-state index contributed by atoms with van der Waals surface area (Å²) in [7, 11) is 1.89. The van der Waals surface area contributed by atoms with Crippen LogP contribution in [0.15, 0.2) is 48.9 Å². The minimum Gasteiger partial charge on any atom is -0.340 e. The number of hydrogen-bond donors (Lipinski definition) is 2. The summed E-state index contributed by atoms with van der Waals surface area (Å²) in [6.45, 7) is 0. The second kappa shape index (κ2) is 4.70. The Hall–Kier alpha value is -2.40. The fraction of sp³-hybridized carbons (Fsp3) is 0.143. The molecule has 3 aromatic rings. The molecule has 0 fully saturated rings. The summed E-state index contributed by atoms with van der Waals surface area (Å²) < 4.78 is 1.76. The summed E-state index contributed by atoms with van der Waals surface area (Å²) in [6, 6.07) is 9.67. The highest BCUT2D eigenvalue weighted by atomic mass is 15.2. The van der Waals surface area contributed by atoms with Gasteiger partial charge in [-0.3, -0.25) is 4.68 Å². The first-order chi connectivity index (χ1) is 9.24. The molecule has 0 bridgehead atoms. The number of rotatable bonds is 3. The van der Waals surface area contributed by atoms with E-state index in [1.54, 1.807) is 17.1 Å². The third-order valence-electron chi connectivity index (χ3n) is 3.06. The van der Waals surface area contributed by atoms with Gasteiger partial charge >= 0.3 is 0 Å². The lowest BCUT2D eigenvalue weighted by Gasteiger charge is -2.08. The number of nitrogens with two attached hydrogens (primary N) is 1. The highest BCUT2D eigenvalue weighted by molar-refractivity contribution is 5.56. The van der Waals surface area contributed by atoms with Gasteiger partial charge < -0.3 is 10.7 Å². The number of aromatic amines is 1. The normalized spacial score (nSPS) is 12.5. The molecule has 1 aromatic carbocycles. The molecule has 0 saturated heterocycles. The molecule has 3 N–H and O–H groups in total. The molecule has 5 heteroatoms. The molecular weight excluding hydrogens is 238 g/mol. The van der Waals surface area contributed by atoms with Gasteiger partial charge in [0.2, 0.25) is 0 Å². The zero-order valence-corrected chi connectivity index (χ0v) is 10.6. The van der Waals surface area contributed by atoms with Crippen molar-refractivity contribution in [3.63, 3.8) is 0 Å². The maximum atomic E-state index is 6.20. The largest absolute Gasteiger partial charge is 0.340 e. The van der Waals surface area contributed by atoms with Crippen LogP contribution in [0.25, 0.3) is 11.3 Å². The van der Waals surface area contributed by atoms with Crippen molar-refractivity contribution in [3.8, 4) is 11.3 Å². The topological polar surface area (TPSA) is 72.5 Å². The lowest BCUT2D eigenvalue weighted by Crippen LogP contribution is -2.13. The van der Waals surface area contributed by atoms with Gasteiger partial charge in [-0.15, -0.1) is 0 Å². The second-order valence-corrected chi connectivity index (χ2v) is 4.47. The number of aryl methyl sites for hydroxylation is 1. The highest BCUT2D eigenvalue weighted by Crippen LogP contribution is 2.21. The molecule has 0 saturated carbocycles. The Bertz CT molecular complexity index is 668. The standard InChI is InChI=1S/C14H15N5/c1-19-9-11(7-17-19)12-8-16-14(18-12)13(15)10-5-3-2-4-6-10/h2-9,13H,15H2,1H3,(H,16,18). The molecule has 3 rings (SSSR count). The predicted molar refractivity (Wildman–Crippen MR) is 73.3 cm³/mol. The van der Waals surface area contributed by atoms with E-state index in [1.165, 1.54) is 0 Å². The molecule has 2 aromatic heterocycles. The molecule has 0 spiro atoms. The minimum absolute atomic E-state index is 0.244. The maximum absolute atomic E-state index is 6.20. The van der Waals surface area contributed by atoms with E-state index in [9.17, 15) is 0 Å². The number of benzene rings is 1. The van der Waals surface area contributed by atoms with E-state index >= 15 is 0 Å². The van der Waals surface area contributed by atoms with Gasteiger partial charge in [-0.1, -0.05) is 30.3 Å². The van der Waals surface area contributed by atoms with Crippen LogP contribution in [-0.2, 0) is 7.05 Å². The molecule has 0 aliphatic carbocycles. The van der Waals surface area contributed by atoms with Crippen LogP contribution in [0, 0.1) is 0 Å². The molecular formula is C14H15N5. The Morgan fingerprint density at radius 1 is 1.21 bits per heavy atom. The average Bonchev–Trinajstić information content (AvgIpc) is 3.07. The van der Waals surface area contributed by atoms with Gasteiger partial charge in [0.05, 0.1) is 24.1 Å². The zero-order chi connectivity index (χ0) is 13.2. The van der Waals surface area contributed by atoms with E-state index in [4.69, 9.17) is 5.73 Å². The van der Waals surface area contributed by atoms with E-state index in [-0.39, 0.29) is 6.04 Å². The fourth-order valence-electron chi connectivity index (χ4n) is 2.02. The predicted octanol–water partition coefficient (Wildman–Crippen LogP) is 1.86. The van der Waals surface area contributed by atoms with Crippen molar-refractivity contribution in [2.45, 2.75) is 6.04 Å². The fourth-order valence-corrected chi connectivity index (χ4v) is 2.02. The molecule has 0 radical (unpaired) electrons. The Morgan fingerprint density at radius 3 is 2.68 bits per heavy atom. The van der Waals surface area contributed by atoms with Crippen LogP contribution < -0.4 is 5.73 Å². The van der Waals surface area contributed by atoms with Gasteiger partial charge in [0, 0.05) is 18.8 Å². The van der Waals surface area contributed by atoms with Crippen LogP contribution in [0.5, 0.6) is 0 Å². The second-order valence-electron chi connectivity index (χ2n) is 4.47. The first-order valence-corrected chi connectivity index (χ1v) is 6.08. The molecule has 5 nitrogen and oxygen atoms in total. The molecule has 1 unspecified atom stereocenters. The molecule has 19 heavy (non-hydrogen) atoms. The Kier molecular flexibility index (Phi) is 2.89. The van der Waals surface area contributed by atoms with E-state index in [2.05, 4.69) is 15.1 Å². The van der Waals surface area contributed by atoms with Crippen LogP contribution in [0.4, 0.5) is 0 Å². The van der Waals surface area contributed by atoms with Gasteiger partial charge in [-0.05, 0) is 5.56 Å². The smallest absolute Gasteiger partial charge is 0.128 e. The van der Waals surface area contributed by atoms with E-state index in [0.29, 0.717) is 0 Å². The summed E-state index contributed by atoms with van der Waals surface area (Å²) in [5.74, 6) is 0.755. The van der Waals surface area contributed by atoms with Crippen LogP contribution in [-0.4, -0.2) is 19.7 Å². The van der Waals surface area contributed by atoms with Gasteiger partial charge in [0.25, 0.3) is 0 Å². The number of hydrogen-bond acceptors (Lipinski definition) is 3. The summed E-state index contributed by atoms with van der Waals surface area (Å²) in [5.41, 5.74) is 9.16. The van der Waals surface area contributed by atoms with Gasteiger partial charge in [-0.25, -0.2) is 4.98 Å². The van der Waals surface area contributed by atoms with Crippen LogP contribution in [0.3, 0.4) is 0 Å². The first kappa shape index (κ1) is 11.7. The number of nitrogens with one attached hydrogen (secondary N) is 1. The Morgan fingerprint density at radius 2 is 2.00 bits per heavy atom. The van der Waals surface area contributed by atoms with Gasteiger partial charge in [0.15, 0.2) is 0 Å². The first-order valence-electron chi connectivity index (χ1n) is 6.08. The van der Waals surface area contributed by atoms with E-state index in [0.717, 1.165) is 22.6 Å². The molecule has 0 aliphatic rings. The highest BCUT2D eigenvalue weighted by Gasteiger charge is 2.13. The third-order valence-corrected chi connectivity index (χ3v) is 3.06. The maximum Gasteiger partial charge on any atom is 0.128 e. The van der Waals surface area contributed by atoms with Gasteiger partial charge in [0.1, 0.15) is 5.82 Å². The van der Waals surface area contributed by atoms with Crippen molar-refractivity contribution < 1.29 is 0 Å². The zero-order valence-electron chi connectivity index (χ0n) is 10.6. The number of nitrogens with zero attached hydrogens (tertiary/aromatic N) is 3. The number of H-pyrrole nitrogens is 1. The van der Waals surface area contributed by atoms with Crippen molar-refractivity contribution in [2.75, 3.05) is 0 Å². The number of imidazole rings is 1. The van der Waals surface area contributed by atoms with Crippen LogP contribution in [0.1, 0.15) is 17.4 Å². The van der Waals surface area contributed by atoms with Crippen molar-refractivity contribution in [1.82, 2.24) is 19.7 Å². The SMILES string of the molecule is Cn1cc(-c2cnc(C(N)c3ccccc3)[nH]2)cn1. The summed E-state index contributed by atoms with van der Waals surface area (Å²) in [5, 5.41) is 4.14. The van der Waals surface area contributed by atoms with Crippen molar-refractivity contribution >= 4 is 0 Å². The third kappa shape index (κ3) is 2.28. The molecule has 2 heterocycles. The molecule has 0 amide bonds. The molecule has 1 atom stereocenters. The minimum atomic E-state index is -0.244. The molecule has 96 valence electrons. The van der Waals surface area contributed by atoms with Crippen molar-refractivity contribution in [2.24, 2.45) is 12.8 Å². The monoisotopic (exact) mass is 253 g/mol. The lowest BCUT2D eigenvalue weighted by atomic mass is 10.1. The van der Waals surface area contributed by atoms with Crippen LogP contribution >= 0.6 is 0 Å². The summed E-state index contributed by atoms with van der Waals surface area (Å²) >= 11 is 0.